The van der Waals surface area contributed by atoms with Crippen LogP contribution >= 0.6 is 0 Å². The molecule has 0 atom stereocenters. The summed E-state index contributed by atoms with van der Waals surface area (Å²) in [6, 6.07) is 0.331. The Balaban J connectivity index is 2.21. The van der Waals surface area contributed by atoms with Crippen molar-refractivity contribution in [1.82, 2.24) is 15.0 Å². The zero-order chi connectivity index (χ0) is 12.1. The van der Waals surface area contributed by atoms with Gasteiger partial charge >= 0.3 is 6.01 Å². The van der Waals surface area contributed by atoms with Gasteiger partial charge in [0.2, 0.25) is 11.9 Å². The van der Waals surface area contributed by atoms with Crippen molar-refractivity contribution in [3.8, 4) is 6.01 Å². The van der Waals surface area contributed by atoms with E-state index in [1.165, 1.54) is 0 Å². The van der Waals surface area contributed by atoms with Crippen molar-refractivity contribution in [2.45, 2.75) is 6.92 Å². The van der Waals surface area contributed by atoms with E-state index in [0.29, 0.717) is 31.1 Å². The summed E-state index contributed by atoms with van der Waals surface area (Å²) in [6.07, 6.45) is 0. The first-order valence-electron chi connectivity index (χ1n) is 5.70. The second kappa shape index (κ2) is 5.62. The number of morpholine rings is 1. The summed E-state index contributed by atoms with van der Waals surface area (Å²) >= 11 is 0. The lowest BCUT2D eigenvalue weighted by atomic mass is 10.4. The fraction of sp³-hybridized carbons (Fsp3) is 0.700. The van der Waals surface area contributed by atoms with Crippen LogP contribution in [0, 0.1) is 0 Å². The minimum absolute atomic E-state index is 0.331. The van der Waals surface area contributed by atoms with E-state index in [1.54, 1.807) is 7.11 Å². The number of anilines is 2. The number of ether oxygens (including phenoxy) is 2. The lowest BCUT2D eigenvalue weighted by molar-refractivity contribution is 0.122. The van der Waals surface area contributed by atoms with Gasteiger partial charge in [-0.15, -0.1) is 0 Å². The highest BCUT2D eigenvalue weighted by atomic mass is 16.5. The molecule has 0 amide bonds. The molecule has 1 aromatic rings. The van der Waals surface area contributed by atoms with E-state index in [4.69, 9.17) is 9.47 Å². The van der Waals surface area contributed by atoms with E-state index in [-0.39, 0.29) is 0 Å². The number of nitrogens with one attached hydrogen (secondary N) is 1. The number of aromatic nitrogens is 3. The molecule has 0 aromatic carbocycles. The van der Waals surface area contributed by atoms with Crippen LogP contribution in [0.3, 0.4) is 0 Å². The second-order valence-corrected chi connectivity index (χ2v) is 3.58. The fourth-order valence-corrected chi connectivity index (χ4v) is 1.58. The van der Waals surface area contributed by atoms with Gasteiger partial charge in [0, 0.05) is 19.6 Å². The van der Waals surface area contributed by atoms with Gasteiger partial charge in [-0.05, 0) is 6.92 Å². The molecule has 0 radical (unpaired) electrons. The maximum Gasteiger partial charge on any atom is 0.322 e. The topological polar surface area (TPSA) is 72.4 Å². The lowest BCUT2D eigenvalue weighted by Crippen LogP contribution is -2.37. The van der Waals surface area contributed by atoms with E-state index in [9.17, 15) is 0 Å². The van der Waals surface area contributed by atoms with Crippen molar-refractivity contribution in [1.29, 1.82) is 0 Å². The predicted octanol–water partition coefficient (Wildman–Crippen LogP) is 0.149. The van der Waals surface area contributed by atoms with Crippen LogP contribution in [0.5, 0.6) is 6.01 Å². The van der Waals surface area contributed by atoms with Gasteiger partial charge in [-0.3, -0.25) is 0 Å². The number of nitrogens with zero attached hydrogens (tertiary/aromatic N) is 4. The maximum absolute atomic E-state index is 5.30. The molecule has 1 aromatic heterocycles. The summed E-state index contributed by atoms with van der Waals surface area (Å²) in [5.74, 6) is 1.18. The van der Waals surface area contributed by atoms with Crippen LogP contribution in [0.1, 0.15) is 6.92 Å². The zero-order valence-corrected chi connectivity index (χ0v) is 10.1. The molecule has 1 saturated heterocycles. The van der Waals surface area contributed by atoms with E-state index < -0.39 is 0 Å². The Hall–Kier alpha value is -1.63. The van der Waals surface area contributed by atoms with Crippen molar-refractivity contribution in [2.75, 3.05) is 50.2 Å². The SMILES string of the molecule is CCNc1nc(OC)nc(N2CCOCC2)n1. The number of methoxy groups -OCH3 is 1. The third-order valence-electron chi connectivity index (χ3n) is 2.41. The Morgan fingerprint density at radius 2 is 2.06 bits per heavy atom. The quantitative estimate of drug-likeness (QED) is 0.801. The van der Waals surface area contributed by atoms with Gasteiger partial charge in [0.1, 0.15) is 0 Å². The van der Waals surface area contributed by atoms with Crippen LogP contribution in [0.4, 0.5) is 11.9 Å². The monoisotopic (exact) mass is 239 g/mol. The molecule has 1 aliphatic heterocycles. The van der Waals surface area contributed by atoms with Crippen molar-refractivity contribution in [2.24, 2.45) is 0 Å². The zero-order valence-electron chi connectivity index (χ0n) is 10.1. The van der Waals surface area contributed by atoms with Crippen LogP contribution in [0.25, 0.3) is 0 Å². The van der Waals surface area contributed by atoms with Gasteiger partial charge < -0.3 is 19.7 Å². The minimum Gasteiger partial charge on any atom is -0.467 e. The Labute approximate surface area is 100 Å². The predicted molar refractivity (Wildman–Crippen MR) is 63.6 cm³/mol. The van der Waals surface area contributed by atoms with E-state index in [1.807, 2.05) is 6.92 Å². The minimum atomic E-state index is 0.331. The van der Waals surface area contributed by atoms with Crippen LogP contribution in [-0.4, -0.2) is 54.9 Å². The molecule has 1 fully saturated rings. The molecule has 2 heterocycles. The maximum atomic E-state index is 5.30. The van der Waals surface area contributed by atoms with E-state index in [0.717, 1.165) is 19.6 Å². The molecule has 0 unspecified atom stereocenters. The smallest absolute Gasteiger partial charge is 0.322 e. The van der Waals surface area contributed by atoms with Crippen LogP contribution < -0.4 is 15.0 Å². The Kier molecular flexibility index (Phi) is 3.92. The molecule has 0 aliphatic carbocycles. The highest BCUT2D eigenvalue weighted by molar-refractivity contribution is 5.38. The van der Waals surface area contributed by atoms with Gasteiger partial charge in [0.15, 0.2) is 0 Å². The summed E-state index contributed by atoms with van der Waals surface area (Å²) in [7, 11) is 1.55. The molecule has 7 heteroatoms. The molecule has 2 rings (SSSR count). The van der Waals surface area contributed by atoms with E-state index in [2.05, 4.69) is 25.2 Å². The van der Waals surface area contributed by atoms with Gasteiger partial charge in [0.25, 0.3) is 0 Å². The third kappa shape index (κ3) is 2.94. The molecule has 1 N–H and O–H groups in total. The van der Waals surface area contributed by atoms with Crippen LogP contribution in [0.15, 0.2) is 0 Å². The molecule has 0 bridgehead atoms. The van der Waals surface area contributed by atoms with Crippen LogP contribution in [-0.2, 0) is 4.74 Å². The van der Waals surface area contributed by atoms with Gasteiger partial charge in [-0.1, -0.05) is 0 Å². The number of rotatable bonds is 4. The molecule has 1 aliphatic rings. The first kappa shape index (κ1) is 11.8. The molecule has 17 heavy (non-hydrogen) atoms. The second-order valence-electron chi connectivity index (χ2n) is 3.58. The summed E-state index contributed by atoms with van der Waals surface area (Å²) in [4.78, 5) is 14.8. The normalized spacial score (nSPS) is 15.8. The average molecular weight is 239 g/mol. The van der Waals surface area contributed by atoms with Crippen molar-refractivity contribution in [3.63, 3.8) is 0 Å². The molecule has 0 spiro atoms. The van der Waals surface area contributed by atoms with Crippen molar-refractivity contribution < 1.29 is 9.47 Å². The molecular formula is C10H17N5O2. The summed E-state index contributed by atoms with van der Waals surface area (Å²) in [5.41, 5.74) is 0. The van der Waals surface area contributed by atoms with Gasteiger partial charge in [0.05, 0.1) is 20.3 Å². The van der Waals surface area contributed by atoms with E-state index >= 15 is 0 Å². The molecular weight excluding hydrogens is 222 g/mol. The summed E-state index contributed by atoms with van der Waals surface area (Å²) < 4.78 is 10.4. The molecule has 0 saturated carbocycles. The van der Waals surface area contributed by atoms with Crippen molar-refractivity contribution >= 4 is 11.9 Å². The number of hydrogen-bond acceptors (Lipinski definition) is 7. The van der Waals surface area contributed by atoms with Crippen LogP contribution in [0.2, 0.25) is 0 Å². The fourth-order valence-electron chi connectivity index (χ4n) is 1.58. The average Bonchev–Trinajstić information content (AvgIpc) is 2.40. The first-order chi connectivity index (χ1) is 8.33. The Morgan fingerprint density at radius 1 is 1.29 bits per heavy atom. The highest BCUT2D eigenvalue weighted by Gasteiger charge is 2.16. The first-order valence-corrected chi connectivity index (χ1v) is 5.70. The standard InChI is InChI=1S/C10H17N5O2/c1-3-11-8-12-9(14-10(13-8)16-2)15-4-6-17-7-5-15/h3-7H2,1-2H3,(H,11,12,13,14). The molecule has 94 valence electrons. The Bertz CT molecular complexity index is 368. The summed E-state index contributed by atoms with van der Waals surface area (Å²) in [6.45, 7) is 5.73. The van der Waals surface area contributed by atoms with Gasteiger partial charge in [-0.2, -0.15) is 15.0 Å². The molecule has 7 nitrogen and oxygen atoms in total. The lowest BCUT2D eigenvalue weighted by Gasteiger charge is -2.26. The highest BCUT2D eigenvalue weighted by Crippen LogP contribution is 2.15. The third-order valence-corrected chi connectivity index (χ3v) is 2.41. The largest absolute Gasteiger partial charge is 0.467 e. The summed E-state index contributed by atoms with van der Waals surface area (Å²) in [5, 5.41) is 3.06. The Morgan fingerprint density at radius 3 is 2.71 bits per heavy atom. The van der Waals surface area contributed by atoms with Gasteiger partial charge in [-0.25, -0.2) is 0 Å². The van der Waals surface area contributed by atoms with Crippen molar-refractivity contribution in [3.05, 3.63) is 0 Å². The number of hydrogen-bond donors (Lipinski definition) is 1.